The molecule has 0 amide bonds. The summed E-state index contributed by atoms with van der Waals surface area (Å²) in [6.07, 6.45) is 5.96. The number of hydrogen-bond acceptors (Lipinski definition) is 4. The standard InChI is InChI=1S/C14H24N2O2/c15-7-13(17)5-11-4-10-2-1-9(11)3-12(10)6-14(18)8-16/h9-12H,1-8,15-16H2. The summed E-state index contributed by atoms with van der Waals surface area (Å²) < 4.78 is 0. The zero-order valence-electron chi connectivity index (χ0n) is 10.9. The summed E-state index contributed by atoms with van der Waals surface area (Å²) in [6, 6.07) is 0. The lowest BCUT2D eigenvalue weighted by Gasteiger charge is -2.47. The molecule has 0 heterocycles. The van der Waals surface area contributed by atoms with Crippen molar-refractivity contribution in [3.05, 3.63) is 0 Å². The molecule has 3 aliphatic carbocycles. The van der Waals surface area contributed by atoms with Gasteiger partial charge < -0.3 is 11.5 Å². The van der Waals surface area contributed by atoms with E-state index in [0.717, 1.165) is 12.8 Å². The van der Waals surface area contributed by atoms with Crippen molar-refractivity contribution in [1.82, 2.24) is 0 Å². The fourth-order valence-electron chi connectivity index (χ4n) is 3.93. The molecule has 3 fully saturated rings. The topological polar surface area (TPSA) is 86.2 Å². The van der Waals surface area contributed by atoms with Crippen molar-refractivity contribution in [2.24, 2.45) is 35.1 Å². The lowest BCUT2D eigenvalue weighted by Crippen LogP contribution is -2.40. The highest BCUT2D eigenvalue weighted by Gasteiger charge is 2.42. The summed E-state index contributed by atoms with van der Waals surface area (Å²) >= 11 is 0. The SMILES string of the molecule is NCC(=O)CC1CC2CCC1CC2CC(=O)CN. The van der Waals surface area contributed by atoms with Gasteiger partial charge in [0.2, 0.25) is 0 Å². The highest BCUT2D eigenvalue weighted by molar-refractivity contribution is 5.81. The van der Waals surface area contributed by atoms with E-state index in [1.807, 2.05) is 0 Å². The van der Waals surface area contributed by atoms with Crippen LogP contribution in [0.2, 0.25) is 0 Å². The average molecular weight is 252 g/mol. The van der Waals surface area contributed by atoms with Gasteiger partial charge in [0.25, 0.3) is 0 Å². The van der Waals surface area contributed by atoms with E-state index in [1.165, 1.54) is 12.8 Å². The van der Waals surface area contributed by atoms with Gasteiger partial charge in [-0.2, -0.15) is 0 Å². The Labute approximate surface area is 108 Å². The maximum atomic E-state index is 11.5. The van der Waals surface area contributed by atoms with Gasteiger partial charge in [-0.05, 0) is 49.4 Å². The number of Topliss-reactive ketones (excluding diaryl/α,β-unsaturated/α-hetero) is 2. The molecule has 3 aliphatic rings. The van der Waals surface area contributed by atoms with Crippen LogP contribution in [0.5, 0.6) is 0 Å². The quantitative estimate of drug-likeness (QED) is 0.734. The largest absolute Gasteiger partial charge is 0.324 e. The molecule has 4 N–H and O–H groups in total. The maximum Gasteiger partial charge on any atom is 0.146 e. The normalized spacial score (nSPS) is 34.6. The molecule has 3 rings (SSSR count). The Morgan fingerprint density at radius 3 is 1.50 bits per heavy atom. The molecular formula is C14H24N2O2. The van der Waals surface area contributed by atoms with Gasteiger partial charge in [-0.15, -0.1) is 0 Å². The molecule has 0 spiro atoms. The Morgan fingerprint density at radius 1 is 0.833 bits per heavy atom. The minimum Gasteiger partial charge on any atom is -0.324 e. The number of carbonyl (C=O) groups excluding carboxylic acids is 2. The molecule has 4 atom stereocenters. The minimum atomic E-state index is 0.170. The van der Waals surface area contributed by atoms with Crippen molar-refractivity contribution in [2.45, 2.75) is 38.5 Å². The molecular weight excluding hydrogens is 228 g/mol. The van der Waals surface area contributed by atoms with Gasteiger partial charge in [-0.1, -0.05) is 0 Å². The second-order valence-electron chi connectivity index (χ2n) is 5.98. The molecule has 0 saturated heterocycles. The van der Waals surface area contributed by atoms with Crippen LogP contribution >= 0.6 is 0 Å². The zero-order chi connectivity index (χ0) is 13.1. The van der Waals surface area contributed by atoms with Crippen LogP contribution in [0.3, 0.4) is 0 Å². The number of nitrogens with two attached hydrogens (primary N) is 2. The lowest BCUT2D eigenvalue weighted by molar-refractivity contribution is -0.123. The van der Waals surface area contributed by atoms with Gasteiger partial charge in [-0.3, -0.25) is 9.59 Å². The monoisotopic (exact) mass is 252 g/mol. The van der Waals surface area contributed by atoms with E-state index in [2.05, 4.69) is 0 Å². The molecule has 3 saturated carbocycles. The molecule has 4 unspecified atom stereocenters. The second-order valence-corrected chi connectivity index (χ2v) is 5.98. The van der Waals surface area contributed by atoms with E-state index in [0.29, 0.717) is 36.5 Å². The predicted molar refractivity (Wildman–Crippen MR) is 69.8 cm³/mol. The number of rotatable bonds is 6. The van der Waals surface area contributed by atoms with E-state index >= 15 is 0 Å². The van der Waals surface area contributed by atoms with Crippen LogP contribution in [0.4, 0.5) is 0 Å². The van der Waals surface area contributed by atoms with Crippen LogP contribution in [0.1, 0.15) is 38.5 Å². The molecule has 102 valence electrons. The lowest BCUT2D eigenvalue weighted by atomic mass is 9.58. The van der Waals surface area contributed by atoms with E-state index in [9.17, 15) is 9.59 Å². The van der Waals surface area contributed by atoms with Crippen LogP contribution in [0.25, 0.3) is 0 Å². The van der Waals surface area contributed by atoms with Gasteiger partial charge in [0.05, 0.1) is 13.1 Å². The number of fused-ring (bicyclic) bond motifs is 3. The molecule has 2 bridgehead atoms. The van der Waals surface area contributed by atoms with Crippen molar-refractivity contribution in [3.8, 4) is 0 Å². The molecule has 4 nitrogen and oxygen atoms in total. The van der Waals surface area contributed by atoms with Crippen LogP contribution < -0.4 is 11.5 Å². The van der Waals surface area contributed by atoms with Crippen molar-refractivity contribution in [3.63, 3.8) is 0 Å². The number of ketones is 2. The molecule has 0 aromatic heterocycles. The Bertz CT molecular complexity index is 298. The zero-order valence-corrected chi connectivity index (χ0v) is 10.9. The molecule has 0 radical (unpaired) electrons. The first kappa shape index (κ1) is 13.7. The first-order chi connectivity index (χ1) is 8.63. The van der Waals surface area contributed by atoms with Crippen molar-refractivity contribution >= 4 is 11.6 Å². The third kappa shape index (κ3) is 2.98. The van der Waals surface area contributed by atoms with Gasteiger partial charge >= 0.3 is 0 Å². The van der Waals surface area contributed by atoms with E-state index in [-0.39, 0.29) is 24.7 Å². The minimum absolute atomic E-state index is 0.170. The fraction of sp³-hybridized carbons (Fsp3) is 0.857. The van der Waals surface area contributed by atoms with Gasteiger partial charge in [0, 0.05) is 12.8 Å². The maximum absolute atomic E-state index is 11.5. The first-order valence-electron chi connectivity index (χ1n) is 7.07. The Morgan fingerprint density at radius 2 is 1.22 bits per heavy atom. The third-order valence-corrected chi connectivity index (χ3v) is 4.89. The van der Waals surface area contributed by atoms with Crippen LogP contribution in [-0.2, 0) is 9.59 Å². The predicted octanol–water partition coefficient (Wildman–Crippen LogP) is 0.875. The Kier molecular flexibility index (Phi) is 4.51. The van der Waals surface area contributed by atoms with Crippen molar-refractivity contribution < 1.29 is 9.59 Å². The Balaban J connectivity index is 1.90. The fourth-order valence-corrected chi connectivity index (χ4v) is 3.93. The van der Waals surface area contributed by atoms with Crippen molar-refractivity contribution in [2.75, 3.05) is 13.1 Å². The summed E-state index contributed by atoms with van der Waals surface area (Å²) in [4.78, 5) is 22.9. The molecule has 18 heavy (non-hydrogen) atoms. The third-order valence-electron chi connectivity index (χ3n) is 4.89. The van der Waals surface area contributed by atoms with Gasteiger partial charge in [-0.25, -0.2) is 0 Å². The highest BCUT2D eigenvalue weighted by Crippen LogP contribution is 2.50. The second kappa shape index (κ2) is 5.93. The average Bonchev–Trinajstić information content (AvgIpc) is 2.39. The van der Waals surface area contributed by atoms with Crippen LogP contribution in [0.15, 0.2) is 0 Å². The molecule has 0 aromatic rings. The van der Waals surface area contributed by atoms with Gasteiger partial charge in [0.1, 0.15) is 11.6 Å². The van der Waals surface area contributed by atoms with Crippen LogP contribution in [-0.4, -0.2) is 24.7 Å². The van der Waals surface area contributed by atoms with E-state index < -0.39 is 0 Å². The smallest absolute Gasteiger partial charge is 0.146 e. The molecule has 4 heteroatoms. The van der Waals surface area contributed by atoms with Crippen LogP contribution in [0, 0.1) is 23.7 Å². The Hall–Kier alpha value is -0.740. The van der Waals surface area contributed by atoms with Gasteiger partial charge in [0.15, 0.2) is 0 Å². The van der Waals surface area contributed by atoms with E-state index in [4.69, 9.17) is 11.5 Å². The summed E-state index contributed by atoms with van der Waals surface area (Å²) in [7, 11) is 0. The number of hydrogen-bond donors (Lipinski definition) is 2. The summed E-state index contributed by atoms with van der Waals surface area (Å²) in [5, 5.41) is 0. The first-order valence-corrected chi connectivity index (χ1v) is 7.07. The number of carbonyl (C=O) groups is 2. The van der Waals surface area contributed by atoms with Crippen molar-refractivity contribution in [1.29, 1.82) is 0 Å². The summed E-state index contributed by atoms with van der Waals surface area (Å²) in [5.74, 6) is 2.65. The van der Waals surface area contributed by atoms with E-state index in [1.54, 1.807) is 0 Å². The molecule has 0 aromatic carbocycles. The highest BCUT2D eigenvalue weighted by atomic mass is 16.1. The summed E-state index contributed by atoms with van der Waals surface area (Å²) in [6.45, 7) is 0.339. The molecule has 0 aliphatic heterocycles. The summed E-state index contributed by atoms with van der Waals surface area (Å²) in [5.41, 5.74) is 10.8.